The highest BCUT2D eigenvalue weighted by atomic mass is 16.5. The fraction of sp³-hybridized carbons (Fsp3) is 0. The van der Waals surface area contributed by atoms with Crippen molar-refractivity contribution in [2.75, 3.05) is 0 Å². The first kappa shape index (κ1) is 26.7. The van der Waals surface area contributed by atoms with Crippen LogP contribution in [0.25, 0.3) is 76.5 Å². The quantitative estimate of drug-likeness (QED) is 0.192. The Morgan fingerprint density at radius 2 is 0.708 bits per heavy atom. The summed E-state index contributed by atoms with van der Waals surface area (Å²) in [6.45, 7) is 0. The number of para-hydroxylation sites is 2. The van der Waals surface area contributed by atoms with E-state index in [1.165, 1.54) is 0 Å². The van der Waals surface area contributed by atoms with Crippen molar-refractivity contribution in [3.63, 3.8) is 0 Å². The Balaban J connectivity index is 1.10. The van der Waals surface area contributed by atoms with Gasteiger partial charge in [-0.2, -0.15) is 0 Å². The van der Waals surface area contributed by atoms with Gasteiger partial charge in [-0.05, 0) is 71.8 Å². The van der Waals surface area contributed by atoms with Gasteiger partial charge in [-0.25, -0.2) is 0 Å². The third-order valence-corrected chi connectivity index (χ3v) is 9.16. The maximum atomic E-state index is 6.59. The minimum Gasteiger partial charge on any atom is -0.457 e. The predicted octanol–water partition coefficient (Wildman–Crippen LogP) is 13.0. The highest BCUT2D eigenvalue weighted by Crippen LogP contribution is 2.43. The third-order valence-electron chi connectivity index (χ3n) is 9.16. The van der Waals surface area contributed by atoms with Crippen LogP contribution in [0, 0.1) is 0 Å². The van der Waals surface area contributed by atoms with Gasteiger partial charge in [-0.1, -0.05) is 97.1 Å². The van der Waals surface area contributed by atoms with E-state index in [4.69, 9.17) is 18.3 Å². The molecular weight excluding hydrogens is 592 g/mol. The van der Waals surface area contributed by atoms with E-state index in [0.29, 0.717) is 0 Å². The van der Waals surface area contributed by atoms with Crippen molar-refractivity contribution in [3.05, 3.63) is 158 Å². The van der Waals surface area contributed by atoms with Gasteiger partial charge >= 0.3 is 0 Å². The molecule has 0 aliphatic rings. The molecule has 10 aromatic rings. The molecule has 0 atom stereocenters. The van der Waals surface area contributed by atoms with E-state index < -0.39 is 0 Å². The van der Waals surface area contributed by atoms with Crippen molar-refractivity contribution in [3.8, 4) is 34.1 Å². The van der Waals surface area contributed by atoms with E-state index >= 15 is 0 Å². The van der Waals surface area contributed by atoms with Crippen molar-refractivity contribution in [1.82, 2.24) is 0 Å². The van der Waals surface area contributed by atoms with Gasteiger partial charge in [0.2, 0.25) is 0 Å². The van der Waals surface area contributed by atoms with Gasteiger partial charge in [0.05, 0.1) is 0 Å². The Morgan fingerprint density at radius 1 is 0.312 bits per heavy atom. The standard InChI is InChI=1S/C44H26O4/c1-3-11-29(12-4-1)45-41-25-37-33-21-19-27(23-39(33)47-43(37)35-17-9-7-15-31(35)41)28-20-22-34-38-26-42(46-30-13-5-2-6-14-30)32-16-8-10-18-36(32)44(38)48-40(34)24-28/h1-26H. The second-order valence-electron chi connectivity index (χ2n) is 12.1. The first-order valence-electron chi connectivity index (χ1n) is 16.0. The monoisotopic (exact) mass is 618 g/mol. The molecule has 226 valence electrons. The number of hydrogen-bond acceptors (Lipinski definition) is 4. The molecule has 0 fully saturated rings. The average molecular weight is 619 g/mol. The van der Waals surface area contributed by atoms with E-state index in [0.717, 1.165) is 99.5 Å². The highest BCUT2D eigenvalue weighted by Gasteiger charge is 2.18. The minimum atomic E-state index is 0.797. The molecule has 0 aliphatic carbocycles. The number of fused-ring (bicyclic) bond motifs is 10. The molecule has 2 heterocycles. The van der Waals surface area contributed by atoms with Gasteiger partial charge in [0.25, 0.3) is 0 Å². The number of ether oxygens (including phenoxy) is 2. The molecule has 0 bridgehead atoms. The summed E-state index contributed by atoms with van der Waals surface area (Å²) in [5.41, 5.74) is 5.45. The zero-order valence-corrected chi connectivity index (χ0v) is 25.6. The second kappa shape index (κ2) is 10.5. The molecule has 0 saturated carbocycles. The molecule has 0 saturated heterocycles. The van der Waals surface area contributed by atoms with Crippen LogP contribution in [0.5, 0.6) is 23.0 Å². The second-order valence-corrected chi connectivity index (χ2v) is 12.1. The first-order valence-corrected chi connectivity index (χ1v) is 16.0. The molecule has 0 spiro atoms. The summed E-state index contributed by atoms with van der Waals surface area (Å²) in [6, 6.07) is 53.2. The summed E-state index contributed by atoms with van der Waals surface area (Å²) in [6.07, 6.45) is 0. The fourth-order valence-corrected chi connectivity index (χ4v) is 6.89. The van der Waals surface area contributed by atoms with Crippen LogP contribution >= 0.6 is 0 Å². The van der Waals surface area contributed by atoms with Gasteiger partial charge in [0.15, 0.2) is 0 Å². The summed E-state index contributed by atoms with van der Waals surface area (Å²) in [5, 5.41) is 8.18. The fourth-order valence-electron chi connectivity index (χ4n) is 6.89. The van der Waals surface area contributed by atoms with Crippen molar-refractivity contribution in [2.24, 2.45) is 0 Å². The Labute approximate surface area is 275 Å². The van der Waals surface area contributed by atoms with Crippen LogP contribution in [-0.4, -0.2) is 0 Å². The van der Waals surface area contributed by atoms with E-state index in [9.17, 15) is 0 Å². The number of benzene rings is 8. The molecule has 4 heteroatoms. The first-order chi connectivity index (χ1) is 23.8. The zero-order valence-electron chi connectivity index (χ0n) is 25.6. The largest absolute Gasteiger partial charge is 0.457 e. The van der Waals surface area contributed by atoms with Crippen LogP contribution in [0.15, 0.2) is 167 Å². The average Bonchev–Trinajstić information content (AvgIpc) is 3.70. The molecule has 48 heavy (non-hydrogen) atoms. The third kappa shape index (κ3) is 4.24. The number of rotatable bonds is 5. The Morgan fingerprint density at radius 3 is 1.15 bits per heavy atom. The predicted molar refractivity (Wildman–Crippen MR) is 194 cm³/mol. The van der Waals surface area contributed by atoms with Crippen LogP contribution in [0.1, 0.15) is 0 Å². The Kier molecular flexibility index (Phi) is 5.84. The molecule has 0 aliphatic heterocycles. The molecular formula is C44H26O4. The van der Waals surface area contributed by atoms with Crippen molar-refractivity contribution >= 4 is 65.4 Å². The Bertz CT molecular complexity index is 2630. The van der Waals surface area contributed by atoms with Gasteiger partial charge in [-0.3, -0.25) is 0 Å². The lowest BCUT2D eigenvalue weighted by Crippen LogP contribution is -1.86. The van der Waals surface area contributed by atoms with Crippen LogP contribution < -0.4 is 9.47 Å². The van der Waals surface area contributed by atoms with Gasteiger partial charge in [-0.15, -0.1) is 0 Å². The van der Waals surface area contributed by atoms with Crippen LogP contribution in [0.3, 0.4) is 0 Å². The summed E-state index contributed by atoms with van der Waals surface area (Å²) in [4.78, 5) is 0. The summed E-state index contributed by atoms with van der Waals surface area (Å²) >= 11 is 0. The molecule has 0 unspecified atom stereocenters. The lowest BCUT2D eigenvalue weighted by molar-refractivity contribution is 0.488. The number of furan rings is 2. The summed E-state index contributed by atoms with van der Waals surface area (Å²) in [7, 11) is 0. The van der Waals surface area contributed by atoms with Gasteiger partial charge in [0.1, 0.15) is 45.3 Å². The maximum absolute atomic E-state index is 6.59. The SMILES string of the molecule is c1ccc(Oc2cc3c4ccc(-c5ccc6c(c5)oc5c7ccccc7c(Oc7ccccc7)cc65)cc4oc3c3ccccc23)cc1. The van der Waals surface area contributed by atoms with E-state index in [-0.39, 0.29) is 0 Å². The number of hydrogen-bond donors (Lipinski definition) is 0. The van der Waals surface area contributed by atoms with Crippen LogP contribution in [0.4, 0.5) is 0 Å². The van der Waals surface area contributed by atoms with Crippen LogP contribution in [-0.2, 0) is 0 Å². The molecule has 8 aromatic carbocycles. The molecule has 0 radical (unpaired) electrons. The maximum Gasteiger partial charge on any atom is 0.143 e. The lowest BCUT2D eigenvalue weighted by Gasteiger charge is -2.09. The zero-order chi connectivity index (χ0) is 31.6. The highest BCUT2D eigenvalue weighted by molar-refractivity contribution is 6.18. The normalized spacial score (nSPS) is 11.8. The van der Waals surface area contributed by atoms with E-state index in [1.54, 1.807) is 0 Å². The Hall–Kier alpha value is -6.52. The molecule has 10 rings (SSSR count). The topological polar surface area (TPSA) is 44.7 Å². The smallest absolute Gasteiger partial charge is 0.143 e. The molecule has 0 N–H and O–H groups in total. The van der Waals surface area contributed by atoms with Gasteiger partial charge in [0, 0.05) is 43.1 Å². The van der Waals surface area contributed by atoms with E-state index in [2.05, 4.69) is 72.8 Å². The van der Waals surface area contributed by atoms with Crippen LogP contribution in [0.2, 0.25) is 0 Å². The minimum absolute atomic E-state index is 0.797. The molecule has 4 nitrogen and oxygen atoms in total. The van der Waals surface area contributed by atoms with Crippen molar-refractivity contribution < 1.29 is 18.3 Å². The van der Waals surface area contributed by atoms with Crippen molar-refractivity contribution in [1.29, 1.82) is 0 Å². The molecule has 0 amide bonds. The van der Waals surface area contributed by atoms with Crippen molar-refractivity contribution in [2.45, 2.75) is 0 Å². The van der Waals surface area contributed by atoms with Gasteiger partial charge < -0.3 is 18.3 Å². The van der Waals surface area contributed by atoms with E-state index in [1.807, 2.05) is 84.9 Å². The lowest BCUT2D eigenvalue weighted by atomic mass is 10.0. The molecule has 2 aromatic heterocycles. The summed E-state index contributed by atoms with van der Waals surface area (Å²) < 4.78 is 25.9. The summed E-state index contributed by atoms with van der Waals surface area (Å²) in [5.74, 6) is 3.20.